The van der Waals surface area contributed by atoms with E-state index < -0.39 is 0 Å². The average molecular weight is 269 g/mol. The molecule has 2 N–H and O–H groups in total. The summed E-state index contributed by atoms with van der Waals surface area (Å²) < 4.78 is 5.15. The molecule has 2 rings (SSSR count). The van der Waals surface area contributed by atoms with Crippen molar-refractivity contribution in [2.75, 3.05) is 7.11 Å². The summed E-state index contributed by atoms with van der Waals surface area (Å²) in [4.78, 5) is 12.1. The predicted molar refractivity (Wildman–Crippen MR) is 79.7 cm³/mol. The summed E-state index contributed by atoms with van der Waals surface area (Å²) in [6, 6.07) is 17.0. The fourth-order valence-electron chi connectivity index (χ4n) is 2.15. The summed E-state index contributed by atoms with van der Waals surface area (Å²) in [7, 11) is 1.62. The number of hydrogen-bond donors (Lipinski definition) is 1. The van der Waals surface area contributed by atoms with E-state index in [-0.39, 0.29) is 11.8 Å². The van der Waals surface area contributed by atoms with Gasteiger partial charge in [-0.15, -0.1) is 0 Å². The average Bonchev–Trinajstić information content (AvgIpc) is 2.48. The van der Waals surface area contributed by atoms with Crippen molar-refractivity contribution in [3.63, 3.8) is 0 Å². The van der Waals surface area contributed by atoms with Gasteiger partial charge in [-0.1, -0.05) is 42.5 Å². The van der Waals surface area contributed by atoms with E-state index in [0.717, 1.165) is 16.9 Å². The van der Waals surface area contributed by atoms with Crippen LogP contribution in [-0.4, -0.2) is 12.9 Å². The Hall–Kier alpha value is -2.13. The molecule has 0 fully saturated rings. The monoisotopic (exact) mass is 269 g/mol. The number of benzene rings is 2. The minimum atomic E-state index is -0.241. The maximum absolute atomic E-state index is 12.1. The Kier molecular flexibility index (Phi) is 4.91. The molecule has 104 valence electrons. The van der Waals surface area contributed by atoms with Gasteiger partial charge >= 0.3 is 0 Å². The van der Waals surface area contributed by atoms with E-state index in [9.17, 15) is 4.79 Å². The molecule has 0 bridgehead atoms. The van der Waals surface area contributed by atoms with Gasteiger partial charge in [0.25, 0.3) is 0 Å². The molecule has 0 saturated heterocycles. The van der Waals surface area contributed by atoms with Crippen LogP contribution in [0.5, 0.6) is 5.75 Å². The van der Waals surface area contributed by atoms with Crippen molar-refractivity contribution in [2.24, 2.45) is 5.73 Å². The first kappa shape index (κ1) is 14.3. The SMILES string of the molecule is COc1cccc(CC(=O)CC(N)c2ccccc2)c1. The number of nitrogens with two attached hydrogens (primary N) is 1. The molecule has 0 heterocycles. The molecule has 0 aliphatic rings. The van der Waals surface area contributed by atoms with E-state index in [2.05, 4.69) is 0 Å². The van der Waals surface area contributed by atoms with Crippen LogP contribution in [0.15, 0.2) is 54.6 Å². The normalized spacial score (nSPS) is 11.9. The Balaban J connectivity index is 1.95. The van der Waals surface area contributed by atoms with Crippen LogP contribution in [0.1, 0.15) is 23.6 Å². The zero-order valence-corrected chi connectivity index (χ0v) is 11.6. The smallest absolute Gasteiger partial charge is 0.139 e. The molecule has 2 aromatic carbocycles. The highest BCUT2D eigenvalue weighted by Crippen LogP contribution is 2.17. The molecular formula is C17H19NO2. The summed E-state index contributed by atoms with van der Waals surface area (Å²) in [5.41, 5.74) is 8.01. The van der Waals surface area contributed by atoms with Gasteiger partial charge in [0.05, 0.1) is 7.11 Å². The van der Waals surface area contributed by atoms with Crippen LogP contribution < -0.4 is 10.5 Å². The van der Waals surface area contributed by atoms with Gasteiger partial charge in [-0.05, 0) is 23.3 Å². The zero-order chi connectivity index (χ0) is 14.4. The molecule has 0 spiro atoms. The first-order valence-electron chi connectivity index (χ1n) is 6.64. The molecule has 20 heavy (non-hydrogen) atoms. The number of ketones is 1. The third-order valence-electron chi connectivity index (χ3n) is 3.21. The highest BCUT2D eigenvalue weighted by molar-refractivity contribution is 5.81. The molecule has 3 heteroatoms. The van der Waals surface area contributed by atoms with Crippen LogP contribution >= 0.6 is 0 Å². The third-order valence-corrected chi connectivity index (χ3v) is 3.21. The summed E-state index contributed by atoms with van der Waals surface area (Å²) in [5.74, 6) is 0.900. The molecule has 0 aliphatic carbocycles. The van der Waals surface area contributed by atoms with E-state index in [4.69, 9.17) is 10.5 Å². The Morgan fingerprint density at radius 3 is 2.60 bits per heavy atom. The molecule has 0 radical (unpaired) electrons. The number of ether oxygens (including phenoxy) is 1. The van der Waals surface area contributed by atoms with Crippen molar-refractivity contribution in [3.8, 4) is 5.75 Å². The van der Waals surface area contributed by atoms with Crippen molar-refractivity contribution in [1.29, 1.82) is 0 Å². The third kappa shape index (κ3) is 3.93. The largest absolute Gasteiger partial charge is 0.497 e. The Bertz CT molecular complexity index is 566. The number of methoxy groups -OCH3 is 1. The lowest BCUT2D eigenvalue weighted by atomic mass is 9.99. The Labute approximate surface area is 119 Å². The molecule has 1 unspecified atom stereocenters. The van der Waals surface area contributed by atoms with Gasteiger partial charge in [0, 0.05) is 18.9 Å². The summed E-state index contributed by atoms with van der Waals surface area (Å²) >= 11 is 0. The van der Waals surface area contributed by atoms with Crippen molar-refractivity contribution in [1.82, 2.24) is 0 Å². The van der Waals surface area contributed by atoms with Crippen LogP contribution in [0.25, 0.3) is 0 Å². The van der Waals surface area contributed by atoms with E-state index in [0.29, 0.717) is 12.8 Å². The second-order valence-corrected chi connectivity index (χ2v) is 4.79. The first-order chi connectivity index (χ1) is 9.69. The van der Waals surface area contributed by atoms with Crippen LogP contribution in [0.4, 0.5) is 0 Å². The molecule has 0 saturated carbocycles. The molecule has 1 atom stereocenters. The minimum Gasteiger partial charge on any atom is -0.497 e. The Morgan fingerprint density at radius 2 is 1.90 bits per heavy atom. The number of rotatable bonds is 6. The zero-order valence-electron chi connectivity index (χ0n) is 11.6. The van der Waals surface area contributed by atoms with Crippen molar-refractivity contribution in [2.45, 2.75) is 18.9 Å². The Morgan fingerprint density at radius 1 is 1.15 bits per heavy atom. The number of carbonyl (C=O) groups is 1. The summed E-state index contributed by atoms with van der Waals surface area (Å²) in [6.07, 6.45) is 0.735. The summed E-state index contributed by atoms with van der Waals surface area (Å²) in [6.45, 7) is 0. The number of Topliss-reactive ketones (excluding diaryl/α,β-unsaturated/α-hetero) is 1. The molecule has 0 aromatic heterocycles. The van der Waals surface area contributed by atoms with Crippen molar-refractivity contribution in [3.05, 3.63) is 65.7 Å². The van der Waals surface area contributed by atoms with E-state index in [1.54, 1.807) is 7.11 Å². The number of carbonyl (C=O) groups excluding carboxylic acids is 1. The molecule has 0 amide bonds. The predicted octanol–water partition coefficient (Wildman–Crippen LogP) is 2.90. The lowest BCUT2D eigenvalue weighted by molar-refractivity contribution is -0.118. The van der Waals surface area contributed by atoms with Crippen molar-refractivity contribution >= 4 is 5.78 Å². The second-order valence-electron chi connectivity index (χ2n) is 4.79. The van der Waals surface area contributed by atoms with Crippen LogP contribution in [0.3, 0.4) is 0 Å². The molecule has 2 aromatic rings. The standard InChI is InChI=1S/C17H19NO2/c1-20-16-9-5-6-13(11-16)10-15(19)12-17(18)14-7-3-2-4-8-14/h2-9,11,17H,10,12,18H2,1H3. The highest BCUT2D eigenvalue weighted by atomic mass is 16.5. The fraction of sp³-hybridized carbons (Fsp3) is 0.235. The van der Waals surface area contributed by atoms with Crippen LogP contribution in [0, 0.1) is 0 Å². The van der Waals surface area contributed by atoms with E-state index >= 15 is 0 Å². The molecule has 0 aliphatic heterocycles. The van der Waals surface area contributed by atoms with Crippen LogP contribution in [-0.2, 0) is 11.2 Å². The minimum absolute atomic E-state index is 0.134. The van der Waals surface area contributed by atoms with Gasteiger partial charge in [0.15, 0.2) is 0 Å². The lowest BCUT2D eigenvalue weighted by Gasteiger charge is -2.11. The molecule has 3 nitrogen and oxygen atoms in total. The van der Waals surface area contributed by atoms with Crippen LogP contribution in [0.2, 0.25) is 0 Å². The highest BCUT2D eigenvalue weighted by Gasteiger charge is 2.12. The van der Waals surface area contributed by atoms with Gasteiger partial charge in [-0.3, -0.25) is 4.79 Å². The second kappa shape index (κ2) is 6.87. The number of hydrogen-bond acceptors (Lipinski definition) is 3. The van der Waals surface area contributed by atoms with Crippen molar-refractivity contribution < 1.29 is 9.53 Å². The topological polar surface area (TPSA) is 52.3 Å². The fourth-order valence-corrected chi connectivity index (χ4v) is 2.15. The van der Waals surface area contributed by atoms with E-state index in [1.807, 2.05) is 54.6 Å². The van der Waals surface area contributed by atoms with Gasteiger partial charge in [-0.2, -0.15) is 0 Å². The van der Waals surface area contributed by atoms with Gasteiger partial charge in [-0.25, -0.2) is 0 Å². The van der Waals surface area contributed by atoms with Gasteiger partial charge in [0.1, 0.15) is 11.5 Å². The maximum atomic E-state index is 12.1. The quantitative estimate of drug-likeness (QED) is 0.877. The van der Waals surface area contributed by atoms with Gasteiger partial charge < -0.3 is 10.5 Å². The van der Waals surface area contributed by atoms with Gasteiger partial charge in [0.2, 0.25) is 0 Å². The first-order valence-corrected chi connectivity index (χ1v) is 6.64. The van der Waals surface area contributed by atoms with E-state index in [1.165, 1.54) is 0 Å². The lowest BCUT2D eigenvalue weighted by Crippen LogP contribution is -2.16. The maximum Gasteiger partial charge on any atom is 0.139 e. The molecular weight excluding hydrogens is 250 g/mol. The summed E-state index contributed by atoms with van der Waals surface area (Å²) in [5, 5.41) is 0.